The third kappa shape index (κ3) is 5.19. The monoisotopic (exact) mass is 475 g/mol. The molecule has 0 spiro atoms. The molecule has 0 radical (unpaired) electrons. The molecule has 4 N–H and O–H groups in total. The van der Waals surface area contributed by atoms with Crippen LogP contribution in [0.3, 0.4) is 0 Å². The first-order valence-corrected chi connectivity index (χ1v) is 11.7. The Balaban J connectivity index is 1.44. The van der Waals surface area contributed by atoms with Crippen molar-refractivity contribution in [3.05, 3.63) is 30.6 Å². The van der Waals surface area contributed by atoms with E-state index in [0.29, 0.717) is 29.0 Å². The number of nitrogens with one attached hydrogen (secondary N) is 2. The van der Waals surface area contributed by atoms with Gasteiger partial charge in [0.2, 0.25) is 5.95 Å². The molecular weight excluding hydrogens is 447 g/mol. The second-order valence-electron chi connectivity index (χ2n) is 9.11. The number of imidazole rings is 1. The molecule has 2 saturated carbocycles. The van der Waals surface area contributed by atoms with Gasteiger partial charge in [0, 0.05) is 23.8 Å². The predicted octanol–water partition coefficient (Wildman–Crippen LogP) is 5.27. The van der Waals surface area contributed by atoms with Gasteiger partial charge in [0.05, 0.1) is 6.33 Å². The van der Waals surface area contributed by atoms with E-state index >= 15 is 0 Å². The van der Waals surface area contributed by atoms with Crippen molar-refractivity contribution in [1.82, 2.24) is 19.5 Å². The Morgan fingerprint density at radius 3 is 2.35 bits per heavy atom. The molecule has 2 aliphatic carbocycles. The minimum atomic E-state index is -4.73. The molecule has 34 heavy (non-hydrogen) atoms. The first-order valence-electron chi connectivity index (χ1n) is 11.7. The average Bonchev–Trinajstić information content (AvgIpc) is 3.46. The molecule has 1 aromatic carbocycles. The average molecular weight is 476 g/mol. The van der Waals surface area contributed by atoms with E-state index in [4.69, 9.17) is 10.7 Å². The fourth-order valence-corrected chi connectivity index (χ4v) is 4.84. The summed E-state index contributed by atoms with van der Waals surface area (Å²) in [6.45, 7) is 0. The molecule has 11 heteroatoms. The number of halogens is 3. The van der Waals surface area contributed by atoms with Gasteiger partial charge in [-0.2, -0.15) is 9.97 Å². The van der Waals surface area contributed by atoms with Crippen molar-refractivity contribution in [2.24, 2.45) is 5.73 Å². The fourth-order valence-electron chi connectivity index (χ4n) is 4.84. The van der Waals surface area contributed by atoms with Crippen LogP contribution >= 0.6 is 0 Å². The van der Waals surface area contributed by atoms with Crippen molar-refractivity contribution in [3.8, 4) is 5.75 Å². The molecule has 0 atom stereocenters. The Kier molecular flexibility index (Phi) is 6.20. The summed E-state index contributed by atoms with van der Waals surface area (Å²) in [5.41, 5.74) is 7.98. The summed E-state index contributed by atoms with van der Waals surface area (Å²) in [5.74, 6) is 0.725. The molecular formula is C23H28F3N7O. The molecule has 3 aromatic rings. The SMILES string of the molecule is NC1CCC(Nc2nc(Nc3ccc(OC(F)(F)F)cc3)c3ncn(C4CCCC4)c3n2)CC1. The Labute approximate surface area is 195 Å². The number of hydrogen-bond donors (Lipinski definition) is 3. The van der Waals surface area contributed by atoms with Crippen LogP contribution in [0.4, 0.5) is 30.6 Å². The Hall–Kier alpha value is -3.08. The van der Waals surface area contributed by atoms with Crippen LogP contribution in [0.2, 0.25) is 0 Å². The van der Waals surface area contributed by atoms with E-state index in [0.717, 1.165) is 44.2 Å². The molecule has 182 valence electrons. The highest BCUT2D eigenvalue weighted by molar-refractivity contribution is 5.86. The van der Waals surface area contributed by atoms with Crippen LogP contribution in [0, 0.1) is 0 Å². The number of hydrogen-bond acceptors (Lipinski definition) is 7. The highest BCUT2D eigenvalue weighted by Gasteiger charge is 2.31. The zero-order valence-corrected chi connectivity index (χ0v) is 18.7. The molecule has 0 aliphatic heterocycles. The van der Waals surface area contributed by atoms with Crippen molar-refractivity contribution in [2.75, 3.05) is 10.6 Å². The standard InChI is InChI=1S/C23H28F3N7O/c24-23(25,26)34-18-11-9-15(10-12-18)29-20-19-21(33(13-28-19)17-3-1-2-4-17)32-22(31-20)30-16-7-5-14(27)6-8-16/h9-14,16-17H,1-8,27H2,(H2,29,30,31,32). The quantitative estimate of drug-likeness (QED) is 0.447. The van der Waals surface area contributed by atoms with Gasteiger partial charge in [-0.1, -0.05) is 12.8 Å². The maximum Gasteiger partial charge on any atom is 0.573 e. The third-order valence-corrected chi connectivity index (χ3v) is 6.60. The number of anilines is 3. The van der Waals surface area contributed by atoms with Crippen LogP contribution in [-0.2, 0) is 0 Å². The second-order valence-corrected chi connectivity index (χ2v) is 9.11. The molecule has 2 aromatic heterocycles. The van der Waals surface area contributed by atoms with Gasteiger partial charge >= 0.3 is 6.36 Å². The first-order chi connectivity index (χ1) is 16.3. The van der Waals surface area contributed by atoms with E-state index in [9.17, 15) is 13.2 Å². The van der Waals surface area contributed by atoms with Gasteiger partial charge < -0.3 is 25.7 Å². The van der Waals surface area contributed by atoms with Crippen molar-refractivity contribution in [1.29, 1.82) is 0 Å². The lowest BCUT2D eigenvalue weighted by molar-refractivity contribution is -0.274. The third-order valence-electron chi connectivity index (χ3n) is 6.60. The number of rotatable bonds is 6. The summed E-state index contributed by atoms with van der Waals surface area (Å²) in [5, 5.41) is 6.66. The minimum absolute atomic E-state index is 0.242. The first kappa shape index (κ1) is 22.7. The molecule has 0 saturated heterocycles. The van der Waals surface area contributed by atoms with Gasteiger partial charge in [-0.15, -0.1) is 13.2 Å². The van der Waals surface area contributed by atoms with Crippen LogP contribution < -0.4 is 21.1 Å². The van der Waals surface area contributed by atoms with Crippen LogP contribution in [-0.4, -0.2) is 38.0 Å². The number of benzene rings is 1. The van der Waals surface area contributed by atoms with E-state index in [1.165, 1.54) is 37.1 Å². The molecule has 2 aliphatic rings. The number of nitrogens with zero attached hydrogens (tertiary/aromatic N) is 4. The smallest absolute Gasteiger partial charge is 0.406 e. The highest BCUT2D eigenvalue weighted by atomic mass is 19.4. The Morgan fingerprint density at radius 1 is 0.971 bits per heavy atom. The maximum absolute atomic E-state index is 12.5. The molecule has 2 fully saturated rings. The summed E-state index contributed by atoms with van der Waals surface area (Å²) < 4.78 is 43.5. The van der Waals surface area contributed by atoms with Crippen molar-refractivity contribution < 1.29 is 17.9 Å². The summed E-state index contributed by atoms with van der Waals surface area (Å²) in [4.78, 5) is 14.1. The largest absolute Gasteiger partial charge is 0.573 e. The molecule has 0 amide bonds. The fraction of sp³-hybridized carbons (Fsp3) is 0.522. The Morgan fingerprint density at radius 2 is 1.68 bits per heavy atom. The van der Waals surface area contributed by atoms with E-state index < -0.39 is 6.36 Å². The van der Waals surface area contributed by atoms with E-state index in [1.807, 2.05) is 6.33 Å². The molecule has 0 bridgehead atoms. The van der Waals surface area contributed by atoms with Gasteiger partial charge in [-0.25, -0.2) is 4.98 Å². The van der Waals surface area contributed by atoms with E-state index in [2.05, 4.69) is 29.9 Å². The second kappa shape index (κ2) is 9.28. The topological polar surface area (TPSA) is 103 Å². The highest BCUT2D eigenvalue weighted by Crippen LogP contribution is 2.34. The summed E-state index contributed by atoms with van der Waals surface area (Å²) in [6, 6.07) is 6.38. The van der Waals surface area contributed by atoms with Crippen LogP contribution in [0.15, 0.2) is 30.6 Å². The zero-order valence-electron chi connectivity index (χ0n) is 18.7. The maximum atomic E-state index is 12.5. The summed E-state index contributed by atoms with van der Waals surface area (Å²) >= 11 is 0. The number of ether oxygens (including phenoxy) is 1. The van der Waals surface area contributed by atoms with Gasteiger partial charge in [0.25, 0.3) is 0 Å². The summed E-state index contributed by atoms with van der Waals surface area (Å²) in [7, 11) is 0. The van der Waals surface area contributed by atoms with Gasteiger partial charge in [0.15, 0.2) is 17.0 Å². The van der Waals surface area contributed by atoms with Crippen LogP contribution in [0.5, 0.6) is 5.75 Å². The predicted molar refractivity (Wildman–Crippen MR) is 123 cm³/mol. The molecule has 2 heterocycles. The number of fused-ring (bicyclic) bond motifs is 1. The van der Waals surface area contributed by atoms with Crippen molar-refractivity contribution in [3.63, 3.8) is 0 Å². The number of alkyl halides is 3. The zero-order chi connectivity index (χ0) is 23.7. The molecule has 8 nitrogen and oxygen atoms in total. The minimum Gasteiger partial charge on any atom is -0.406 e. The van der Waals surface area contributed by atoms with Gasteiger partial charge in [-0.3, -0.25) is 0 Å². The van der Waals surface area contributed by atoms with Crippen molar-refractivity contribution in [2.45, 2.75) is 75.9 Å². The van der Waals surface area contributed by atoms with E-state index in [1.54, 1.807) is 0 Å². The molecule has 0 unspecified atom stereocenters. The lowest BCUT2D eigenvalue weighted by atomic mass is 9.92. The number of nitrogens with two attached hydrogens (primary N) is 1. The lowest BCUT2D eigenvalue weighted by Gasteiger charge is -2.27. The van der Waals surface area contributed by atoms with E-state index in [-0.39, 0.29) is 17.8 Å². The molecule has 5 rings (SSSR count). The van der Waals surface area contributed by atoms with Gasteiger partial charge in [0.1, 0.15) is 5.75 Å². The van der Waals surface area contributed by atoms with Crippen molar-refractivity contribution >= 4 is 28.6 Å². The normalized spacial score (nSPS) is 21.6. The lowest BCUT2D eigenvalue weighted by Crippen LogP contribution is -2.33. The Bertz CT molecular complexity index is 1120. The number of aromatic nitrogens is 4. The van der Waals surface area contributed by atoms with Crippen LogP contribution in [0.1, 0.15) is 57.4 Å². The summed E-state index contributed by atoms with van der Waals surface area (Å²) in [6.07, 6.45) is 5.43. The van der Waals surface area contributed by atoms with Gasteiger partial charge in [-0.05, 0) is 62.8 Å². The van der Waals surface area contributed by atoms with Crippen LogP contribution in [0.25, 0.3) is 11.2 Å².